The minimum Gasteiger partial charge on any atom is -0.435 e. The molecule has 0 fully saturated rings. The summed E-state index contributed by atoms with van der Waals surface area (Å²) in [5.41, 5.74) is 7.07. The maximum Gasteiger partial charge on any atom is 0.387 e. The average Bonchev–Trinajstić information content (AvgIpc) is 2.42. The molecule has 2 N–H and O–H groups in total. The molecule has 0 bridgehead atoms. The Morgan fingerprint density at radius 3 is 2.20 bits per heavy atom. The van der Waals surface area contributed by atoms with Gasteiger partial charge in [0.05, 0.1) is 0 Å². The van der Waals surface area contributed by atoms with E-state index < -0.39 is 6.61 Å². The van der Waals surface area contributed by atoms with E-state index in [1.54, 1.807) is 24.3 Å². The molecule has 1 unspecified atom stereocenters. The zero-order valence-corrected chi connectivity index (χ0v) is 12.2. The molecule has 0 aromatic heterocycles. The zero-order chi connectivity index (χ0) is 14.8. The maximum atomic E-state index is 12.0. The number of hydrogen-bond donors (Lipinski definition) is 1. The number of alkyl halides is 2. The number of halogens is 2. The molecule has 0 aliphatic carbocycles. The molecule has 0 spiro atoms. The van der Waals surface area contributed by atoms with E-state index in [1.165, 1.54) is 32.1 Å². The molecule has 0 aliphatic rings. The zero-order valence-electron chi connectivity index (χ0n) is 12.2. The van der Waals surface area contributed by atoms with Gasteiger partial charge in [0.25, 0.3) is 0 Å². The van der Waals surface area contributed by atoms with E-state index >= 15 is 0 Å². The van der Waals surface area contributed by atoms with Gasteiger partial charge < -0.3 is 10.5 Å². The van der Waals surface area contributed by atoms with Crippen molar-refractivity contribution in [2.45, 2.75) is 64.5 Å². The number of benzene rings is 1. The predicted octanol–water partition coefficient (Wildman–Crippen LogP) is 5.04. The SMILES string of the molecule is CCCCCCCCC(N)c1ccc(OC(F)F)cc1. The van der Waals surface area contributed by atoms with Gasteiger partial charge in [-0.25, -0.2) is 0 Å². The Balaban J connectivity index is 2.27. The third kappa shape index (κ3) is 6.85. The molecule has 0 aliphatic heterocycles. The van der Waals surface area contributed by atoms with Gasteiger partial charge in [-0.3, -0.25) is 0 Å². The smallest absolute Gasteiger partial charge is 0.387 e. The van der Waals surface area contributed by atoms with E-state index in [0.29, 0.717) is 0 Å². The fourth-order valence-corrected chi connectivity index (χ4v) is 2.21. The van der Waals surface area contributed by atoms with Crippen molar-refractivity contribution < 1.29 is 13.5 Å². The summed E-state index contributed by atoms with van der Waals surface area (Å²) in [5, 5.41) is 0. The second kappa shape index (κ2) is 9.70. The van der Waals surface area contributed by atoms with Crippen molar-refractivity contribution in [1.29, 1.82) is 0 Å². The molecule has 1 atom stereocenters. The molecule has 1 aromatic rings. The summed E-state index contributed by atoms with van der Waals surface area (Å²) < 4.78 is 28.4. The molecule has 0 radical (unpaired) electrons. The van der Waals surface area contributed by atoms with Crippen LogP contribution in [0, 0.1) is 0 Å². The molecule has 0 saturated heterocycles. The van der Waals surface area contributed by atoms with Crippen LogP contribution in [0.4, 0.5) is 8.78 Å². The van der Waals surface area contributed by atoms with Gasteiger partial charge in [0.1, 0.15) is 5.75 Å². The monoisotopic (exact) mass is 285 g/mol. The third-order valence-corrected chi connectivity index (χ3v) is 3.40. The fraction of sp³-hybridized carbons (Fsp3) is 0.625. The van der Waals surface area contributed by atoms with Crippen molar-refractivity contribution in [3.05, 3.63) is 29.8 Å². The first-order valence-electron chi connectivity index (χ1n) is 7.43. The number of ether oxygens (including phenoxy) is 1. The Hall–Kier alpha value is -1.16. The molecule has 0 heterocycles. The molecule has 1 aromatic carbocycles. The fourth-order valence-electron chi connectivity index (χ4n) is 2.21. The second-order valence-corrected chi connectivity index (χ2v) is 5.11. The predicted molar refractivity (Wildman–Crippen MR) is 78.0 cm³/mol. The molecule has 20 heavy (non-hydrogen) atoms. The lowest BCUT2D eigenvalue weighted by Crippen LogP contribution is -2.10. The molecule has 1 rings (SSSR count). The highest BCUT2D eigenvalue weighted by molar-refractivity contribution is 5.29. The normalized spacial score (nSPS) is 12.7. The van der Waals surface area contributed by atoms with Crippen LogP contribution in [-0.4, -0.2) is 6.61 Å². The number of nitrogens with two attached hydrogens (primary N) is 1. The highest BCUT2D eigenvalue weighted by Crippen LogP contribution is 2.21. The van der Waals surface area contributed by atoms with E-state index in [2.05, 4.69) is 11.7 Å². The molecule has 4 heteroatoms. The van der Waals surface area contributed by atoms with E-state index in [4.69, 9.17) is 5.73 Å². The van der Waals surface area contributed by atoms with Gasteiger partial charge in [-0.1, -0.05) is 57.6 Å². The molecular weight excluding hydrogens is 260 g/mol. The van der Waals surface area contributed by atoms with Gasteiger partial charge >= 0.3 is 6.61 Å². The molecule has 114 valence electrons. The van der Waals surface area contributed by atoms with Crippen LogP contribution in [0.5, 0.6) is 5.75 Å². The third-order valence-electron chi connectivity index (χ3n) is 3.40. The average molecular weight is 285 g/mol. The van der Waals surface area contributed by atoms with Crippen molar-refractivity contribution in [2.24, 2.45) is 5.73 Å². The van der Waals surface area contributed by atoms with Crippen LogP contribution in [-0.2, 0) is 0 Å². The van der Waals surface area contributed by atoms with Crippen molar-refractivity contribution in [1.82, 2.24) is 0 Å². The molecule has 0 amide bonds. The summed E-state index contributed by atoms with van der Waals surface area (Å²) in [6.07, 6.45) is 8.37. The lowest BCUT2D eigenvalue weighted by molar-refractivity contribution is -0.0498. The van der Waals surface area contributed by atoms with Crippen LogP contribution < -0.4 is 10.5 Å². The van der Waals surface area contributed by atoms with Gasteiger partial charge in [-0.15, -0.1) is 0 Å². The number of unbranched alkanes of at least 4 members (excludes halogenated alkanes) is 5. The number of rotatable bonds is 10. The lowest BCUT2D eigenvalue weighted by atomic mass is 10.0. The van der Waals surface area contributed by atoms with Crippen LogP contribution >= 0.6 is 0 Å². The summed E-state index contributed by atoms with van der Waals surface area (Å²) in [7, 11) is 0. The minimum absolute atomic E-state index is 0.0261. The first-order valence-corrected chi connectivity index (χ1v) is 7.43. The highest BCUT2D eigenvalue weighted by Gasteiger charge is 2.08. The Kier molecular flexibility index (Phi) is 8.19. The van der Waals surface area contributed by atoms with Crippen LogP contribution in [0.15, 0.2) is 24.3 Å². The summed E-state index contributed by atoms with van der Waals surface area (Å²) in [5.74, 6) is 0.176. The van der Waals surface area contributed by atoms with E-state index in [1.807, 2.05) is 0 Å². The van der Waals surface area contributed by atoms with Gasteiger partial charge in [0.15, 0.2) is 0 Å². The standard InChI is InChI=1S/C16H25F2NO/c1-2-3-4-5-6-7-8-15(19)13-9-11-14(12-10-13)20-16(17)18/h9-12,15-16H,2-8,19H2,1H3. The highest BCUT2D eigenvalue weighted by atomic mass is 19.3. The van der Waals surface area contributed by atoms with Crippen molar-refractivity contribution in [2.75, 3.05) is 0 Å². The molecule has 2 nitrogen and oxygen atoms in total. The van der Waals surface area contributed by atoms with Crippen LogP contribution in [0.1, 0.15) is 63.5 Å². The van der Waals surface area contributed by atoms with E-state index in [9.17, 15) is 8.78 Å². The van der Waals surface area contributed by atoms with Gasteiger partial charge in [-0.2, -0.15) is 8.78 Å². The largest absolute Gasteiger partial charge is 0.435 e. The number of hydrogen-bond acceptors (Lipinski definition) is 2. The van der Waals surface area contributed by atoms with Crippen molar-refractivity contribution in [3.8, 4) is 5.75 Å². The van der Waals surface area contributed by atoms with Crippen LogP contribution in [0.2, 0.25) is 0 Å². The topological polar surface area (TPSA) is 35.2 Å². The van der Waals surface area contributed by atoms with E-state index in [0.717, 1.165) is 18.4 Å². The van der Waals surface area contributed by atoms with Gasteiger partial charge in [-0.05, 0) is 24.1 Å². The second-order valence-electron chi connectivity index (χ2n) is 5.11. The van der Waals surface area contributed by atoms with Crippen molar-refractivity contribution in [3.63, 3.8) is 0 Å². The molecular formula is C16H25F2NO. The first-order chi connectivity index (χ1) is 9.63. The lowest BCUT2D eigenvalue weighted by Gasteiger charge is -2.13. The Morgan fingerprint density at radius 1 is 1.00 bits per heavy atom. The summed E-state index contributed by atoms with van der Waals surface area (Å²) in [4.78, 5) is 0. The Morgan fingerprint density at radius 2 is 1.60 bits per heavy atom. The van der Waals surface area contributed by atoms with Crippen molar-refractivity contribution >= 4 is 0 Å². The van der Waals surface area contributed by atoms with E-state index in [-0.39, 0.29) is 11.8 Å². The molecule has 0 saturated carbocycles. The van der Waals surface area contributed by atoms with Crippen LogP contribution in [0.3, 0.4) is 0 Å². The maximum absolute atomic E-state index is 12.0. The minimum atomic E-state index is -2.78. The summed E-state index contributed by atoms with van der Waals surface area (Å²) in [6, 6.07) is 6.59. The Bertz CT molecular complexity index is 354. The van der Waals surface area contributed by atoms with Gasteiger partial charge in [0.2, 0.25) is 0 Å². The van der Waals surface area contributed by atoms with Gasteiger partial charge in [0, 0.05) is 6.04 Å². The van der Waals surface area contributed by atoms with Crippen LogP contribution in [0.25, 0.3) is 0 Å². The quantitative estimate of drug-likeness (QED) is 0.611. The summed E-state index contributed by atoms with van der Waals surface area (Å²) in [6.45, 7) is -0.574. The Labute approximate surface area is 120 Å². The first kappa shape index (κ1) is 16.9. The summed E-state index contributed by atoms with van der Waals surface area (Å²) >= 11 is 0.